The molecule has 0 spiro atoms. The van der Waals surface area contributed by atoms with Crippen LogP contribution < -0.4 is 5.32 Å². The van der Waals surface area contributed by atoms with Crippen LogP contribution in [0, 0.1) is 10.1 Å². The van der Waals surface area contributed by atoms with Crippen LogP contribution in [-0.4, -0.2) is 38.1 Å². The van der Waals surface area contributed by atoms with Gasteiger partial charge in [0.1, 0.15) is 5.69 Å². The number of carbonyl (C=O) groups excluding carboxylic acids is 2. The number of nitrogens with one attached hydrogen (secondary N) is 1. The van der Waals surface area contributed by atoms with Gasteiger partial charge in [-0.25, -0.2) is 13.2 Å². The second-order valence-corrected chi connectivity index (χ2v) is 7.93. The number of carbonyl (C=O) groups is 2. The number of hydrogen-bond donors (Lipinski definition) is 1. The molecule has 30 heavy (non-hydrogen) atoms. The summed E-state index contributed by atoms with van der Waals surface area (Å²) < 4.78 is 65.8. The lowest BCUT2D eigenvalue weighted by Gasteiger charge is -2.10. The van der Waals surface area contributed by atoms with Crippen LogP contribution in [0.5, 0.6) is 0 Å². The second kappa shape index (κ2) is 8.49. The van der Waals surface area contributed by atoms with Crippen LogP contribution in [0.4, 0.5) is 24.5 Å². The van der Waals surface area contributed by atoms with E-state index in [4.69, 9.17) is 4.74 Å². The Labute approximate surface area is 167 Å². The molecule has 0 aliphatic heterocycles. The van der Waals surface area contributed by atoms with Crippen LogP contribution in [0.25, 0.3) is 0 Å². The molecule has 0 aromatic heterocycles. The Hall–Kier alpha value is -3.48. The number of hydrogen-bond acceptors (Lipinski definition) is 7. The minimum Gasteiger partial charge on any atom is -0.452 e. The van der Waals surface area contributed by atoms with Crippen LogP contribution in [-0.2, 0) is 25.5 Å². The van der Waals surface area contributed by atoms with Crippen molar-refractivity contribution in [2.75, 3.05) is 18.2 Å². The minimum absolute atomic E-state index is 0.151. The molecule has 0 saturated carbocycles. The summed E-state index contributed by atoms with van der Waals surface area (Å²) in [5.41, 5.74) is -2.95. The zero-order chi connectivity index (χ0) is 22.7. The number of esters is 1. The third-order valence-corrected chi connectivity index (χ3v) is 4.74. The number of anilines is 1. The number of benzene rings is 2. The van der Waals surface area contributed by atoms with Gasteiger partial charge >= 0.3 is 12.1 Å². The van der Waals surface area contributed by atoms with E-state index in [1.165, 1.54) is 18.2 Å². The van der Waals surface area contributed by atoms with E-state index >= 15 is 0 Å². The van der Waals surface area contributed by atoms with E-state index in [1.54, 1.807) is 0 Å². The van der Waals surface area contributed by atoms with Crippen molar-refractivity contribution in [2.24, 2.45) is 0 Å². The predicted octanol–water partition coefficient (Wildman–Crippen LogP) is 2.81. The van der Waals surface area contributed by atoms with Gasteiger partial charge in [-0.1, -0.05) is 6.07 Å². The Morgan fingerprint density at radius 3 is 2.40 bits per heavy atom. The first-order valence-corrected chi connectivity index (χ1v) is 9.81. The second-order valence-electron chi connectivity index (χ2n) is 5.91. The number of alkyl halides is 3. The van der Waals surface area contributed by atoms with Crippen LogP contribution in [0.1, 0.15) is 15.9 Å². The molecule has 0 heterocycles. The maximum absolute atomic E-state index is 12.7. The highest BCUT2D eigenvalue weighted by Crippen LogP contribution is 2.34. The van der Waals surface area contributed by atoms with Gasteiger partial charge in [0, 0.05) is 12.3 Å². The van der Waals surface area contributed by atoms with Crippen molar-refractivity contribution in [3.05, 3.63) is 63.7 Å². The summed E-state index contributed by atoms with van der Waals surface area (Å²) in [6, 6.07) is 6.34. The van der Waals surface area contributed by atoms with Gasteiger partial charge in [0.15, 0.2) is 16.4 Å². The highest BCUT2D eigenvalue weighted by Gasteiger charge is 2.33. The number of amides is 1. The van der Waals surface area contributed by atoms with E-state index in [-0.39, 0.29) is 16.5 Å². The molecule has 1 N–H and O–H groups in total. The summed E-state index contributed by atoms with van der Waals surface area (Å²) in [5, 5.41) is 13.0. The van der Waals surface area contributed by atoms with Gasteiger partial charge in [-0.2, -0.15) is 13.2 Å². The molecule has 0 radical (unpaired) electrons. The monoisotopic (exact) mass is 446 g/mol. The topological polar surface area (TPSA) is 133 Å². The normalized spacial score (nSPS) is 11.6. The standard InChI is InChI=1S/C17H13F3N2O7S/c1-30(27,28)12-4-2-3-10(7-12)16(24)29-9-15(23)21-13-6-5-11(17(18,19)20)8-14(13)22(25)26/h2-8H,9H2,1H3,(H,21,23). The van der Waals surface area contributed by atoms with Gasteiger partial charge in [-0.3, -0.25) is 14.9 Å². The van der Waals surface area contributed by atoms with Crippen molar-refractivity contribution >= 4 is 33.1 Å². The zero-order valence-electron chi connectivity index (χ0n) is 15.1. The van der Waals surface area contributed by atoms with E-state index in [1.807, 2.05) is 5.32 Å². The lowest BCUT2D eigenvalue weighted by molar-refractivity contribution is -0.384. The summed E-state index contributed by atoms with van der Waals surface area (Å²) in [7, 11) is -3.59. The van der Waals surface area contributed by atoms with Crippen molar-refractivity contribution in [3.63, 3.8) is 0 Å². The zero-order valence-corrected chi connectivity index (χ0v) is 15.9. The van der Waals surface area contributed by atoms with E-state index in [0.717, 1.165) is 12.3 Å². The smallest absolute Gasteiger partial charge is 0.416 e. The molecular weight excluding hydrogens is 433 g/mol. The molecule has 0 bridgehead atoms. The molecule has 0 aliphatic carbocycles. The number of ether oxygens (including phenoxy) is 1. The summed E-state index contributed by atoms with van der Waals surface area (Å²) in [4.78, 5) is 33.6. The molecule has 9 nitrogen and oxygen atoms in total. The van der Waals surface area contributed by atoms with Gasteiger partial charge < -0.3 is 10.1 Å². The van der Waals surface area contributed by atoms with Crippen LogP contribution >= 0.6 is 0 Å². The van der Waals surface area contributed by atoms with E-state index in [2.05, 4.69) is 0 Å². The minimum atomic E-state index is -4.82. The number of rotatable bonds is 6. The first-order valence-electron chi connectivity index (χ1n) is 7.92. The molecule has 2 aromatic rings. The molecule has 0 atom stereocenters. The average Bonchev–Trinajstić information content (AvgIpc) is 2.64. The Morgan fingerprint density at radius 1 is 1.17 bits per heavy atom. The quantitative estimate of drug-likeness (QED) is 0.410. The van der Waals surface area contributed by atoms with Crippen LogP contribution in [0.15, 0.2) is 47.4 Å². The molecule has 13 heteroatoms. The van der Waals surface area contributed by atoms with E-state index in [9.17, 15) is 41.3 Å². The van der Waals surface area contributed by atoms with Gasteiger partial charge in [0.05, 0.1) is 20.9 Å². The molecule has 160 valence electrons. The Bertz CT molecular complexity index is 1110. The Morgan fingerprint density at radius 2 is 1.83 bits per heavy atom. The van der Waals surface area contributed by atoms with Crippen molar-refractivity contribution in [3.8, 4) is 0 Å². The van der Waals surface area contributed by atoms with Gasteiger partial charge in [0.25, 0.3) is 11.6 Å². The highest BCUT2D eigenvalue weighted by atomic mass is 32.2. The van der Waals surface area contributed by atoms with E-state index in [0.29, 0.717) is 12.1 Å². The predicted molar refractivity (Wildman–Crippen MR) is 96.6 cm³/mol. The molecule has 0 unspecified atom stereocenters. The van der Waals surface area contributed by atoms with Crippen molar-refractivity contribution < 1.29 is 40.8 Å². The van der Waals surface area contributed by atoms with Crippen molar-refractivity contribution in [2.45, 2.75) is 11.1 Å². The SMILES string of the molecule is CS(=O)(=O)c1cccc(C(=O)OCC(=O)Nc2ccc(C(F)(F)F)cc2[N+](=O)[O-])c1. The van der Waals surface area contributed by atoms with Crippen molar-refractivity contribution in [1.29, 1.82) is 0 Å². The number of nitrogens with zero attached hydrogens (tertiary/aromatic N) is 1. The maximum atomic E-state index is 12.7. The van der Waals surface area contributed by atoms with Crippen LogP contribution in [0.2, 0.25) is 0 Å². The largest absolute Gasteiger partial charge is 0.452 e. The third-order valence-electron chi connectivity index (χ3n) is 3.63. The fourth-order valence-corrected chi connectivity index (χ4v) is 2.89. The molecule has 2 rings (SSSR count). The number of nitro benzene ring substituents is 1. The molecule has 0 aliphatic rings. The van der Waals surface area contributed by atoms with Gasteiger partial charge in [-0.15, -0.1) is 0 Å². The van der Waals surface area contributed by atoms with Gasteiger partial charge in [-0.05, 0) is 30.3 Å². The lowest BCUT2D eigenvalue weighted by Crippen LogP contribution is -2.21. The first kappa shape index (κ1) is 22.8. The summed E-state index contributed by atoms with van der Waals surface area (Å²) in [6.45, 7) is -0.917. The molecule has 0 fully saturated rings. The Balaban J connectivity index is 2.10. The fraction of sp³-hybridized carbons (Fsp3) is 0.176. The summed E-state index contributed by atoms with van der Waals surface area (Å²) in [5.74, 6) is -2.09. The summed E-state index contributed by atoms with van der Waals surface area (Å²) in [6.07, 6.45) is -3.88. The molecule has 0 saturated heterocycles. The van der Waals surface area contributed by atoms with E-state index < -0.39 is 56.4 Å². The van der Waals surface area contributed by atoms with Gasteiger partial charge in [0.2, 0.25) is 0 Å². The molecular formula is C17H13F3N2O7S. The average molecular weight is 446 g/mol. The maximum Gasteiger partial charge on any atom is 0.416 e. The fourth-order valence-electron chi connectivity index (χ4n) is 2.22. The number of nitro groups is 1. The number of sulfone groups is 1. The molecule has 2 aromatic carbocycles. The summed E-state index contributed by atoms with van der Waals surface area (Å²) >= 11 is 0. The number of halogens is 3. The third kappa shape index (κ3) is 5.76. The lowest BCUT2D eigenvalue weighted by atomic mass is 10.1. The van der Waals surface area contributed by atoms with Crippen molar-refractivity contribution in [1.82, 2.24) is 0 Å². The first-order chi connectivity index (χ1) is 13.8. The van der Waals surface area contributed by atoms with Crippen LogP contribution in [0.3, 0.4) is 0 Å². The molecule has 1 amide bonds. The highest BCUT2D eigenvalue weighted by molar-refractivity contribution is 7.90. The Kier molecular flexibility index (Phi) is 6.45.